The average molecular weight is 453 g/mol. The third kappa shape index (κ3) is 3.61. The molecular formula is C22H14Cl2N4OS. The predicted octanol–water partition coefficient (Wildman–Crippen LogP) is 7.08. The lowest BCUT2D eigenvalue weighted by molar-refractivity contribution is 0.102. The normalized spacial score (nSPS) is 11.1. The number of hydrogen-bond donors (Lipinski definition) is 3. The van der Waals surface area contributed by atoms with Crippen molar-refractivity contribution in [3.8, 4) is 0 Å². The Morgan fingerprint density at radius 3 is 2.67 bits per heavy atom. The number of amides is 1. The van der Waals surface area contributed by atoms with Gasteiger partial charge in [-0.05, 0) is 42.5 Å². The smallest absolute Gasteiger partial charge is 0.272 e. The van der Waals surface area contributed by atoms with Crippen LogP contribution in [0.2, 0.25) is 10.0 Å². The van der Waals surface area contributed by atoms with Crippen molar-refractivity contribution < 1.29 is 4.79 Å². The number of carbonyl (C=O) groups is 1. The van der Waals surface area contributed by atoms with E-state index in [-0.39, 0.29) is 5.91 Å². The van der Waals surface area contributed by atoms with Crippen molar-refractivity contribution in [2.24, 2.45) is 0 Å². The van der Waals surface area contributed by atoms with Gasteiger partial charge in [-0.2, -0.15) is 0 Å². The van der Waals surface area contributed by atoms with E-state index in [2.05, 4.69) is 20.6 Å². The summed E-state index contributed by atoms with van der Waals surface area (Å²) in [4.78, 5) is 20.6. The first-order valence-corrected chi connectivity index (χ1v) is 10.6. The number of aromatic amines is 1. The van der Waals surface area contributed by atoms with Crippen LogP contribution in [0.3, 0.4) is 0 Å². The number of nitrogens with one attached hydrogen (secondary N) is 3. The van der Waals surface area contributed by atoms with Gasteiger partial charge >= 0.3 is 0 Å². The first-order chi connectivity index (χ1) is 14.6. The molecule has 2 aromatic heterocycles. The van der Waals surface area contributed by atoms with Crippen LogP contribution >= 0.6 is 34.5 Å². The average Bonchev–Trinajstić information content (AvgIpc) is 3.33. The van der Waals surface area contributed by atoms with Crippen LogP contribution in [0.15, 0.2) is 66.7 Å². The lowest BCUT2D eigenvalue weighted by Crippen LogP contribution is -2.12. The second-order valence-electron chi connectivity index (χ2n) is 6.65. The van der Waals surface area contributed by atoms with Gasteiger partial charge in [-0.15, -0.1) is 0 Å². The molecule has 0 aliphatic carbocycles. The minimum Gasteiger partial charge on any atom is -0.350 e. The molecule has 0 spiro atoms. The first-order valence-electron chi connectivity index (χ1n) is 9.07. The summed E-state index contributed by atoms with van der Waals surface area (Å²) < 4.78 is 0.970. The highest BCUT2D eigenvalue weighted by Crippen LogP contribution is 2.33. The number of H-pyrrole nitrogens is 1. The molecule has 0 saturated carbocycles. The predicted molar refractivity (Wildman–Crippen MR) is 126 cm³/mol. The van der Waals surface area contributed by atoms with E-state index in [0.717, 1.165) is 26.4 Å². The maximum Gasteiger partial charge on any atom is 0.272 e. The van der Waals surface area contributed by atoms with Crippen LogP contribution < -0.4 is 10.6 Å². The molecule has 0 saturated heterocycles. The molecule has 3 N–H and O–H groups in total. The van der Waals surface area contributed by atoms with Gasteiger partial charge in [0.2, 0.25) is 0 Å². The highest BCUT2D eigenvalue weighted by molar-refractivity contribution is 7.22. The molecule has 5 rings (SSSR count). The molecular weight excluding hydrogens is 439 g/mol. The zero-order chi connectivity index (χ0) is 20.7. The largest absolute Gasteiger partial charge is 0.350 e. The van der Waals surface area contributed by atoms with Gasteiger partial charge in [0.05, 0.1) is 15.4 Å². The van der Waals surface area contributed by atoms with Crippen LogP contribution in [0.4, 0.5) is 16.5 Å². The number of aromatic nitrogens is 2. The monoisotopic (exact) mass is 452 g/mol. The van der Waals surface area contributed by atoms with E-state index in [1.54, 1.807) is 18.2 Å². The minimum atomic E-state index is -0.281. The lowest BCUT2D eigenvalue weighted by atomic mass is 10.2. The number of halogens is 2. The number of carbonyl (C=O) groups excluding carboxylic acids is 1. The molecule has 3 aromatic carbocycles. The molecule has 0 bridgehead atoms. The summed E-state index contributed by atoms with van der Waals surface area (Å²) in [6.45, 7) is 0. The Balaban J connectivity index is 1.45. The molecule has 148 valence electrons. The Labute approximate surface area is 185 Å². The van der Waals surface area contributed by atoms with Gasteiger partial charge < -0.3 is 15.6 Å². The molecule has 0 fully saturated rings. The van der Waals surface area contributed by atoms with Crippen LogP contribution in [0.25, 0.3) is 21.1 Å². The van der Waals surface area contributed by atoms with E-state index in [9.17, 15) is 4.79 Å². The second kappa shape index (κ2) is 7.65. The van der Waals surface area contributed by atoms with Gasteiger partial charge in [-0.3, -0.25) is 4.79 Å². The molecule has 2 heterocycles. The highest BCUT2D eigenvalue weighted by Gasteiger charge is 2.15. The highest BCUT2D eigenvalue weighted by atomic mass is 35.5. The summed E-state index contributed by atoms with van der Waals surface area (Å²) in [6, 6.07) is 20.6. The summed E-state index contributed by atoms with van der Waals surface area (Å²) in [6.07, 6.45) is 0. The van der Waals surface area contributed by atoms with Crippen molar-refractivity contribution in [2.45, 2.75) is 0 Å². The van der Waals surface area contributed by atoms with E-state index >= 15 is 0 Å². The SMILES string of the molecule is O=C(Nc1cccc2sc(Nc3ccccc3)nc12)c1cc2c(Cl)cc(Cl)cc2[nH]1. The van der Waals surface area contributed by atoms with E-state index in [0.29, 0.717) is 26.9 Å². The molecule has 0 aliphatic rings. The van der Waals surface area contributed by atoms with E-state index in [1.807, 2.05) is 48.5 Å². The van der Waals surface area contributed by atoms with Gasteiger partial charge in [0.15, 0.2) is 5.13 Å². The van der Waals surface area contributed by atoms with Crippen LogP contribution in [0, 0.1) is 0 Å². The summed E-state index contributed by atoms with van der Waals surface area (Å²) in [5, 5.41) is 8.74. The third-order valence-corrected chi connectivity index (χ3v) is 6.06. The van der Waals surface area contributed by atoms with Crippen LogP contribution in [0.1, 0.15) is 10.5 Å². The summed E-state index contributed by atoms with van der Waals surface area (Å²) >= 11 is 13.8. The summed E-state index contributed by atoms with van der Waals surface area (Å²) in [5.41, 5.74) is 3.42. The van der Waals surface area contributed by atoms with E-state index in [4.69, 9.17) is 23.2 Å². The number of thiazole rings is 1. The topological polar surface area (TPSA) is 69.8 Å². The number of anilines is 3. The number of nitrogens with zero attached hydrogens (tertiary/aromatic N) is 1. The zero-order valence-corrected chi connectivity index (χ0v) is 17.7. The maximum atomic E-state index is 12.9. The number of hydrogen-bond acceptors (Lipinski definition) is 4. The number of fused-ring (bicyclic) bond motifs is 2. The molecule has 1 amide bonds. The Morgan fingerprint density at radius 1 is 1.00 bits per heavy atom. The standard InChI is InChI=1S/C22H14Cl2N4OS/c23-12-9-15(24)14-11-18(26-17(14)10-12)21(29)27-16-7-4-8-19-20(16)28-22(30-19)25-13-5-2-1-3-6-13/h1-11,26H,(H,25,28)(H,27,29). The third-order valence-electron chi connectivity index (χ3n) is 4.59. The minimum absolute atomic E-state index is 0.281. The van der Waals surface area contributed by atoms with E-state index < -0.39 is 0 Å². The second-order valence-corrected chi connectivity index (χ2v) is 8.52. The van der Waals surface area contributed by atoms with Crippen molar-refractivity contribution in [3.63, 3.8) is 0 Å². The van der Waals surface area contributed by atoms with Crippen molar-refractivity contribution >= 4 is 78.1 Å². The Kier molecular flexibility index (Phi) is 4.83. The fourth-order valence-corrected chi connectivity index (χ4v) is 4.68. The van der Waals surface area contributed by atoms with Crippen LogP contribution in [0.5, 0.6) is 0 Å². The molecule has 0 atom stereocenters. The van der Waals surface area contributed by atoms with Crippen molar-refractivity contribution in [3.05, 3.63) is 82.5 Å². The molecule has 5 nitrogen and oxygen atoms in total. The van der Waals surface area contributed by atoms with Crippen LogP contribution in [-0.2, 0) is 0 Å². The Bertz CT molecular complexity index is 1390. The first kappa shape index (κ1) is 18.9. The Hall–Kier alpha value is -3.06. The van der Waals surface area contributed by atoms with Gasteiger partial charge in [0.1, 0.15) is 11.2 Å². The quantitative estimate of drug-likeness (QED) is 0.272. The lowest BCUT2D eigenvalue weighted by Gasteiger charge is -2.04. The molecule has 0 aliphatic heterocycles. The molecule has 0 unspecified atom stereocenters. The number of benzene rings is 3. The van der Waals surface area contributed by atoms with Gasteiger partial charge in [0, 0.05) is 21.6 Å². The van der Waals surface area contributed by atoms with Crippen molar-refractivity contribution in [2.75, 3.05) is 10.6 Å². The van der Waals surface area contributed by atoms with Gasteiger partial charge in [0.25, 0.3) is 5.91 Å². The van der Waals surface area contributed by atoms with E-state index in [1.165, 1.54) is 11.3 Å². The van der Waals surface area contributed by atoms with Crippen LogP contribution in [-0.4, -0.2) is 15.9 Å². The van der Waals surface area contributed by atoms with Gasteiger partial charge in [-0.25, -0.2) is 4.98 Å². The van der Waals surface area contributed by atoms with Crippen molar-refractivity contribution in [1.29, 1.82) is 0 Å². The molecule has 5 aromatic rings. The zero-order valence-electron chi connectivity index (χ0n) is 15.4. The maximum absolute atomic E-state index is 12.9. The molecule has 8 heteroatoms. The van der Waals surface area contributed by atoms with Crippen molar-refractivity contribution in [1.82, 2.24) is 9.97 Å². The molecule has 30 heavy (non-hydrogen) atoms. The number of rotatable bonds is 4. The Morgan fingerprint density at radius 2 is 1.83 bits per heavy atom. The fourth-order valence-electron chi connectivity index (χ4n) is 3.22. The number of para-hydroxylation sites is 2. The summed E-state index contributed by atoms with van der Waals surface area (Å²) in [5.74, 6) is -0.281. The van der Waals surface area contributed by atoms with Gasteiger partial charge in [-0.1, -0.05) is 58.8 Å². The summed E-state index contributed by atoms with van der Waals surface area (Å²) in [7, 11) is 0. The fraction of sp³-hybridized carbons (Fsp3) is 0. The molecule has 0 radical (unpaired) electrons.